The minimum Gasteiger partial charge on any atom is -0.445 e. The summed E-state index contributed by atoms with van der Waals surface area (Å²) >= 11 is 0. The number of amides is 1. The summed E-state index contributed by atoms with van der Waals surface area (Å²) in [5, 5.41) is 7.24. The molecule has 0 atom stereocenters. The number of carbonyl (C=O) groups excluding carboxylic acids is 1. The lowest BCUT2D eigenvalue weighted by molar-refractivity contribution is 0.140. The van der Waals surface area contributed by atoms with Crippen LogP contribution in [0.5, 0.6) is 0 Å². The Morgan fingerprint density at radius 2 is 2.08 bits per heavy atom. The quantitative estimate of drug-likeness (QED) is 0.669. The van der Waals surface area contributed by atoms with Gasteiger partial charge in [0.25, 0.3) is 0 Å². The number of ether oxygens (including phenoxy) is 1. The normalized spacial score (nSPS) is 11.0. The van der Waals surface area contributed by atoms with Crippen LogP contribution in [0.25, 0.3) is 17.0 Å². The number of nitrogen functional groups attached to an aromatic ring is 1. The summed E-state index contributed by atoms with van der Waals surface area (Å²) in [6.07, 6.45) is 4.21. The fraction of sp³-hybridized carbons (Fsp3) is 0.158. The molecule has 6 nitrogen and oxygen atoms in total. The molecule has 3 N–H and O–H groups in total. The van der Waals surface area contributed by atoms with E-state index in [1.807, 2.05) is 60.7 Å². The van der Waals surface area contributed by atoms with Gasteiger partial charge in [0.1, 0.15) is 6.61 Å². The summed E-state index contributed by atoms with van der Waals surface area (Å²) in [4.78, 5) is 11.6. The predicted octanol–water partition coefficient (Wildman–Crippen LogP) is 3.74. The first-order valence-corrected chi connectivity index (χ1v) is 7.98. The van der Waals surface area contributed by atoms with Crippen molar-refractivity contribution in [3.63, 3.8) is 0 Å². The summed E-state index contributed by atoms with van der Waals surface area (Å²) in [7, 11) is 0. The summed E-state index contributed by atoms with van der Waals surface area (Å²) in [6.45, 7) is 0.768. The van der Waals surface area contributed by atoms with Crippen LogP contribution in [-0.2, 0) is 11.3 Å². The number of anilines is 1. The van der Waals surface area contributed by atoms with E-state index >= 15 is 0 Å². The number of nitrogens with zero attached hydrogens (tertiary/aromatic N) is 1. The molecule has 0 radical (unpaired) electrons. The van der Waals surface area contributed by atoms with Gasteiger partial charge in [-0.25, -0.2) is 4.79 Å². The number of nitrogens with one attached hydrogen (secondary N) is 1. The van der Waals surface area contributed by atoms with Gasteiger partial charge in [0.2, 0.25) is 0 Å². The highest BCUT2D eigenvalue weighted by Crippen LogP contribution is 2.22. The van der Waals surface area contributed by atoms with Crippen LogP contribution in [0.1, 0.15) is 17.5 Å². The zero-order valence-corrected chi connectivity index (χ0v) is 13.6. The second kappa shape index (κ2) is 8.01. The summed E-state index contributed by atoms with van der Waals surface area (Å²) in [5.41, 5.74) is 8.35. The Morgan fingerprint density at radius 3 is 2.92 bits per heavy atom. The molecule has 3 aromatic rings. The molecule has 3 rings (SSSR count). The monoisotopic (exact) mass is 337 g/mol. The first-order valence-electron chi connectivity index (χ1n) is 7.98. The van der Waals surface area contributed by atoms with Gasteiger partial charge in [-0.3, -0.25) is 0 Å². The van der Waals surface area contributed by atoms with Crippen molar-refractivity contribution in [3.05, 3.63) is 65.7 Å². The molecule has 0 unspecified atom stereocenters. The van der Waals surface area contributed by atoms with Crippen LogP contribution in [0.4, 0.5) is 10.6 Å². The number of alkyl carbamates (subject to hydrolysis) is 1. The van der Waals surface area contributed by atoms with E-state index in [1.54, 1.807) is 0 Å². The molecule has 2 aromatic carbocycles. The molecule has 0 saturated carbocycles. The Hall–Kier alpha value is -3.28. The molecular formula is C19H19N3O3. The zero-order valence-electron chi connectivity index (χ0n) is 13.6. The van der Waals surface area contributed by atoms with E-state index in [0.717, 1.165) is 16.5 Å². The Balaban J connectivity index is 1.40. The summed E-state index contributed by atoms with van der Waals surface area (Å²) < 4.78 is 10.2. The lowest BCUT2D eigenvalue weighted by atomic mass is 10.1. The van der Waals surface area contributed by atoms with Crippen molar-refractivity contribution in [2.24, 2.45) is 0 Å². The van der Waals surface area contributed by atoms with Crippen molar-refractivity contribution in [2.75, 3.05) is 12.3 Å². The van der Waals surface area contributed by atoms with E-state index in [4.69, 9.17) is 15.0 Å². The van der Waals surface area contributed by atoms with E-state index in [-0.39, 0.29) is 6.61 Å². The molecule has 6 heteroatoms. The number of hydrogen-bond acceptors (Lipinski definition) is 5. The Kier molecular flexibility index (Phi) is 5.31. The van der Waals surface area contributed by atoms with Crippen LogP contribution in [0.2, 0.25) is 0 Å². The molecule has 0 aliphatic heterocycles. The third-order valence-corrected chi connectivity index (χ3v) is 3.63. The molecule has 0 spiro atoms. The van der Waals surface area contributed by atoms with Crippen LogP contribution < -0.4 is 11.1 Å². The maximum absolute atomic E-state index is 11.6. The Labute approximate surface area is 145 Å². The van der Waals surface area contributed by atoms with E-state index < -0.39 is 6.09 Å². The highest BCUT2D eigenvalue weighted by atomic mass is 16.5. The molecule has 1 heterocycles. The van der Waals surface area contributed by atoms with Gasteiger partial charge in [-0.1, -0.05) is 53.7 Å². The topological polar surface area (TPSA) is 90.4 Å². The molecule has 0 bridgehead atoms. The Morgan fingerprint density at radius 1 is 1.24 bits per heavy atom. The summed E-state index contributed by atoms with van der Waals surface area (Å²) in [6, 6.07) is 15.2. The van der Waals surface area contributed by atoms with Crippen LogP contribution >= 0.6 is 0 Å². The largest absolute Gasteiger partial charge is 0.445 e. The molecule has 0 aliphatic carbocycles. The second-order valence-corrected chi connectivity index (χ2v) is 5.50. The van der Waals surface area contributed by atoms with Crippen LogP contribution in [0.3, 0.4) is 0 Å². The minimum absolute atomic E-state index is 0.267. The molecule has 0 aliphatic rings. The van der Waals surface area contributed by atoms with Crippen LogP contribution in [0, 0.1) is 0 Å². The van der Waals surface area contributed by atoms with Crippen molar-refractivity contribution >= 4 is 29.0 Å². The highest BCUT2D eigenvalue weighted by Gasteiger charge is 2.04. The number of benzene rings is 2. The van der Waals surface area contributed by atoms with Gasteiger partial charge in [0.05, 0.1) is 5.39 Å². The van der Waals surface area contributed by atoms with E-state index in [1.165, 1.54) is 0 Å². The number of aromatic nitrogens is 1. The SMILES string of the molecule is Nc1noc2ccc(C=CCCNC(=O)OCc3ccccc3)cc12. The minimum atomic E-state index is -0.420. The van der Waals surface area contributed by atoms with Crippen molar-refractivity contribution in [1.29, 1.82) is 0 Å². The molecule has 0 fully saturated rings. The van der Waals surface area contributed by atoms with Gasteiger partial charge in [-0.15, -0.1) is 0 Å². The van der Waals surface area contributed by atoms with Crippen molar-refractivity contribution in [3.8, 4) is 0 Å². The fourth-order valence-corrected chi connectivity index (χ4v) is 2.33. The first-order chi connectivity index (χ1) is 12.2. The molecule has 1 amide bonds. The smallest absolute Gasteiger partial charge is 0.407 e. The van der Waals surface area contributed by atoms with Gasteiger partial charge in [0, 0.05) is 6.54 Å². The van der Waals surface area contributed by atoms with Gasteiger partial charge in [-0.2, -0.15) is 0 Å². The zero-order chi connectivity index (χ0) is 17.5. The van der Waals surface area contributed by atoms with Gasteiger partial charge in [0.15, 0.2) is 11.4 Å². The maximum Gasteiger partial charge on any atom is 0.407 e. The third-order valence-electron chi connectivity index (χ3n) is 3.63. The first kappa shape index (κ1) is 16.6. The van der Waals surface area contributed by atoms with E-state index in [0.29, 0.717) is 24.4 Å². The molecular weight excluding hydrogens is 318 g/mol. The lowest BCUT2D eigenvalue weighted by Gasteiger charge is -2.05. The average molecular weight is 337 g/mol. The fourth-order valence-electron chi connectivity index (χ4n) is 2.33. The standard InChI is InChI=1S/C19H19N3O3/c20-18-16-12-14(9-10-17(16)25-22-18)6-4-5-11-21-19(23)24-13-15-7-2-1-3-8-15/h1-4,6-10,12H,5,11,13H2,(H2,20,22)(H,21,23). The number of hydrogen-bond donors (Lipinski definition) is 2. The molecule has 0 saturated heterocycles. The second-order valence-electron chi connectivity index (χ2n) is 5.50. The van der Waals surface area contributed by atoms with Gasteiger partial charge in [-0.05, 0) is 29.7 Å². The number of carbonyl (C=O) groups is 1. The number of fused-ring (bicyclic) bond motifs is 1. The van der Waals surface area contributed by atoms with Crippen molar-refractivity contribution < 1.29 is 14.1 Å². The van der Waals surface area contributed by atoms with Crippen LogP contribution in [-0.4, -0.2) is 17.8 Å². The third kappa shape index (κ3) is 4.60. The average Bonchev–Trinajstić information content (AvgIpc) is 3.01. The summed E-state index contributed by atoms with van der Waals surface area (Å²) in [5.74, 6) is 0.382. The predicted molar refractivity (Wildman–Crippen MR) is 96.7 cm³/mol. The Bertz CT molecular complexity index is 872. The highest BCUT2D eigenvalue weighted by molar-refractivity contribution is 5.88. The van der Waals surface area contributed by atoms with Crippen molar-refractivity contribution in [1.82, 2.24) is 10.5 Å². The van der Waals surface area contributed by atoms with Crippen molar-refractivity contribution in [2.45, 2.75) is 13.0 Å². The molecule has 1 aromatic heterocycles. The molecule has 128 valence electrons. The van der Waals surface area contributed by atoms with Crippen LogP contribution in [0.15, 0.2) is 59.1 Å². The maximum atomic E-state index is 11.6. The van der Waals surface area contributed by atoms with Gasteiger partial charge >= 0.3 is 6.09 Å². The van der Waals surface area contributed by atoms with E-state index in [9.17, 15) is 4.79 Å². The van der Waals surface area contributed by atoms with Gasteiger partial charge < -0.3 is 20.3 Å². The number of nitrogens with two attached hydrogens (primary N) is 1. The molecule has 25 heavy (non-hydrogen) atoms. The lowest BCUT2D eigenvalue weighted by Crippen LogP contribution is -2.24. The number of rotatable bonds is 6. The van der Waals surface area contributed by atoms with E-state index in [2.05, 4.69) is 10.5 Å².